The molecule has 0 saturated heterocycles. The summed E-state index contributed by atoms with van der Waals surface area (Å²) in [6, 6.07) is 6.75. The van der Waals surface area contributed by atoms with E-state index in [1.807, 2.05) is 0 Å². The van der Waals surface area contributed by atoms with Crippen molar-refractivity contribution in [3.05, 3.63) is 34.9 Å². The minimum absolute atomic E-state index is 0.0687. The van der Waals surface area contributed by atoms with Crippen LogP contribution in [-0.2, 0) is 0 Å². The van der Waals surface area contributed by atoms with E-state index in [2.05, 4.69) is 39.0 Å². The summed E-state index contributed by atoms with van der Waals surface area (Å²) in [5.41, 5.74) is 4.09. The second-order valence-corrected chi connectivity index (χ2v) is 4.90. The minimum Gasteiger partial charge on any atom is -0.393 e. The van der Waals surface area contributed by atoms with Crippen LogP contribution < -0.4 is 0 Å². The summed E-state index contributed by atoms with van der Waals surface area (Å²) in [6.45, 7) is 6.46. The number of aryl methyl sites for hydroxylation is 2. The highest BCUT2D eigenvalue weighted by molar-refractivity contribution is 5.33. The van der Waals surface area contributed by atoms with Crippen molar-refractivity contribution in [1.82, 2.24) is 0 Å². The summed E-state index contributed by atoms with van der Waals surface area (Å²) in [6.07, 6.45) is 1.96. The van der Waals surface area contributed by atoms with Crippen LogP contribution in [0.1, 0.15) is 42.4 Å². The predicted octanol–water partition coefficient (Wildman–Crippen LogP) is 3.18. The monoisotopic (exact) mass is 204 g/mol. The van der Waals surface area contributed by atoms with Gasteiger partial charge in [0.25, 0.3) is 0 Å². The Labute approximate surface area is 92.1 Å². The smallest absolute Gasteiger partial charge is 0.0580 e. The van der Waals surface area contributed by atoms with Crippen molar-refractivity contribution in [3.8, 4) is 0 Å². The molecular formula is C14H20O. The number of benzene rings is 1. The van der Waals surface area contributed by atoms with Gasteiger partial charge in [-0.05, 0) is 37.7 Å². The number of rotatable bonds is 2. The van der Waals surface area contributed by atoms with Crippen molar-refractivity contribution in [2.45, 2.75) is 45.6 Å². The first kappa shape index (κ1) is 10.7. The molecule has 1 fully saturated rings. The molecule has 1 aromatic rings. The van der Waals surface area contributed by atoms with E-state index < -0.39 is 0 Å². The lowest BCUT2D eigenvalue weighted by Gasteiger charge is -2.42. The molecule has 1 aliphatic rings. The lowest BCUT2D eigenvalue weighted by atomic mass is 9.66. The van der Waals surface area contributed by atoms with Crippen molar-refractivity contribution < 1.29 is 5.11 Å². The number of hydrogen-bond donors (Lipinski definition) is 1. The van der Waals surface area contributed by atoms with Crippen molar-refractivity contribution in [1.29, 1.82) is 0 Å². The molecule has 1 nitrogen and oxygen atoms in total. The fraction of sp³-hybridized carbons (Fsp3) is 0.571. The zero-order valence-electron chi connectivity index (χ0n) is 9.83. The molecule has 0 heterocycles. The van der Waals surface area contributed by atoms with Crippen LogP contribution in [-0.4, -0.2) is 11.2 Å². The zero-order valence-corrected chi connectivity index (χ0v) is 9.83. The SMILES string of the molecule is CCC1C(O)CC1c1cc(C)cc(C)c1. The van der Waals surface area contributed by atoms with Crippen molar-refractivity contribution >= 4 is 0 Å². The van der Waals surface area contributed by atoms with Gasteiger partial charge < -0.3 is 5.11 Å². The van der Waals surface area contributed by atoms with Gasteiger partial charge in [-0.3, -0.25) is 0 Å². The molecule has 0 spiro atoms. The first-order valence-electron chi connectivity index (χ1n) is 5.88. The largest absolute Gasteiger partial charge is 0.393 e. The second-order valence-electron chi connectivity index (χ2n) is 4.90. The summed E-state index contributed by atoms with van der Waals surface area (Å²) >= 11 is 0. The zero-order chi connectivity index (χ0) is 11.0. The average Bonchev–Trinajstić information content (AvgIpc) is 2.13. The Morgan fingerprint density at radius 3 is 2.27 bits per heavy atom. The van der Waals surface area contributed by atoms with E-state index in [4.69, 9.17) is 0 Å². The molecule has 1 aliphatic carbocycles. The lowest BCUT2D eigenvalue weighted by Crippen LogP contribution is -2.39. The Morgan fingerprint density at radius 2 is 1.80 bits per heavy atom. The van der Waals surface area contributed by atoms with Crippen LogP contribution in [0.5, 0.6) is 0 Å². The summed E-state index contributed by atoms with van der Waals surface area (Å²) in [5, 5.41) is 9.68. The van der Waals surface area contributed by atoms with Gasteiger partial charge in [0.1, 0.15) is 0 Å². The molecule has 1 saturated carbocycles. The summed E-state index contributed by atoms with van der Waals surface area (Å²) in [7, 11) is 0. The molecule has 0 amide bonds. The van der Waals surface area contributed by atoms with Gasteiger partial charge in [0.2, 0.25) is 0 Å². The number of hydrogen-bond acceptors (Lipinski definition) is 1. The molecule has 15 heavy (non-hydrogen) atoms. The summed E-state index contributed by atoms with van der Waals surface area (Å²) in [4.78, 5) is 0. The molecule has 2 rings (SSSR count). The highest BCUT2D eigenvalue weighted by Crippen LogP contribution is 2.44. The van der Waals surface area contributed by atoms with Crippen LogP contribution in [0.15, 0.2) is 18.2 Å². The first-order chi connectivity index (χ1) is 7.11. The van der Waals surface area contributed by atoms with Gasteiger partial charge in [-0.25, -0.2) is 0 Å². The molecule has 3 atom stereocenters. The van der Waals surface area contributed by atoms with Gasteiger partial charge >= 0.3 is 0 Å². The van der Waals surface area contributed by atoms with E-state index in [9.17, 15) is 5.11 Å². The Balaban J connectivity index is 2.23. The molecule has 0 radical (unpaired) electrons. The number of aliphatic hydroxyl groups excluding tert-OH is 1. The van der Waals surface area contributed by atoms with Gasteiger partial charge in [0.15, 0.2) is 0 Å². The average molecular weight is 204 g/mol. The van der Waals surface area contributed by atoms with Crippen molar-refractivity contribution in [2.24, 2.45) is 5.92 Å². The van der Waals surface area contributed by atoms with E-state index in [0.29, 0.717) is 11.8 Å². The molecule has 1 aromatic carbocycles. The maximum atomic E-state index is 9.68. The Kier molecular flexibility index (Phi) is 2.83. The summed E-state index contributed by atoms with van der Waals surface area (Å²) in [5.74, 6) is 1.06. The van der Waals surface area contributed by atoms with Gasteiger partial charge in [0.05, 0.1) is 6.10 Å². The van der Waals surface area contributed by atoms with Crippen LogP contribution in [0.25, 0.3) is 0 Å². The third-order valence-corrected chi connectivity index (χ3v) is 3.65. The minimum atomic E-state index is -0.0687. The van der Waals surface area contributed by atoms with Gasteiger partial charge in [0, 0.05) is 0 Å². The van der Waals surface area contributed by atoms with E-state index in [1.54, 1.807) is 0 Å². The quantitative estimate of drug-likeness (QED) is 0.784. The Bertz CT molecular complexity index is 336. The maximum absolute atomic E-state index is 9.68. The Hall–Kier alpha value is -0.820. The molecule has 82 valence electrons. The molecule has 0 bridgehead atoms. The van der Waals surface area contributed by atoms with Crippen LogP contribution >= 0.6 is 0 Å². The molecule has 1 heteroatoms. The second kappa shape index (κ2) is 3.97. The summed E-state index contributed by atoms with van der Waals surface area (Å²) < 4.78 is 0. The molecule has 0 aliphatic heterocycles. The standard InChI is InChI=1S/C14H20O/c1-4-12-13(8-14(12)15)11-6-9(2)5-10(3)7-11/h5-7,12-15H,4,8H2,1-3H3. The normalized spacial score (nSPS) is 30.0. The lowest BCUT2D eigenvalue weighted by molar-refractivity contribution is -0.000760. The van der Waals surface area contributed by atoms with E-state index in [1.165, 1.54) is 16.7 Å². The predicted molar refractivity (Wildman–Crippen MR) is 63.1 cm³/mol. The number of aliphatic hydroxyl groups is 1. The van der Waals surface area contributed by atoms with Gasteiger partial charge in [-0.15, -0.1) is 0 Å². The van der Waals surface area contributed by atoms with Crippen LogP contribution in [0, 0.1) is 19.8 Å². The van der Waals surface area contributed by atoms with Crippen LogP contribution in [0.2, 0.25) is 0 Å². The highest BCUT2D eigenvalue weighted by atomic mass is 16.3. The fourth-order valence-corrected chi connectivity index (χ4v) is 2.85. The van der Waals surface area contributed by atoms with Crippen LogP contribution in [0.4, 0.5) is 0 Å². The topological polar surface area (TPSA) is 20.2 Å². The maximum Gasteiger partial charge on any atom is 0.0580 e. The van der Waals surface area contributed by atoms with E-state index in [0.717, 1.165) is 12.8 Å². The van der Waals surface area contributed by atoms with E-state index >= 15 is 0 Å². The van der Waals surface area contributed by atoms with Crippen LogP contribution in [0.3, 0.4) is 0 Å². The van der Waals surface area contributed by atoms with E-state index in [-0.39, 0.29) is 6.10 Å². The molecule has 1 N–H and O–H groups in total. The van der Waals surface area contributed by atoms with Crippen molar-refractivity contribution in [3.63, 3.8) is 0 Å². The first-order valence-corrected chi connectivity index (χ1v) is 5.88. The Morgan fingerprint density at radius 1 is 1.20 bits per heavy atom. The van der Waals surface area contributed by atoms with Gasteiger partial charge in [-0.1, -0.05) is 42.7 Å². The fourth-order valence-electron chi connectivity index (χ4n) is 2.85. The third-order valence-electron chi connectivity index (χ3n) is 3.65. The van der Waals surface area contributed by atoms with Gasteiger partial charge in [-0.2, -0.15) is 0 Å². The highest BCUT2D eigenvalue weighted by Gasteiger charge is 2.39. The molecular weight excluding hydrogens is 184 g/mol. The third kappa shape index (κ3) is 1.93. The van der Waals surface area contributed by atoms with Crippen molar-refractivity contribution in [2.75, 3.05) is 0 Å². The molecule has 0 aromatic heterocycles. The molecule has 3 unspecified atom stereocenters.